The van der Waals surface area contributed by atoms with Crippen LogP contribution in [0.5, 0.6) is 17.2 Å². The second kappa shape index (κ2) is 8.51. The van der Waals surface area contributed by atoms with Gasteiger partial charge in [-0.05, 0) is 42.8 Å². The van der Waals surface area contributed by atoms with Crippen molar-refractivity contribution < 1.29 is 32.5 Å². The maximum atomic E-state index is 12.4. The number of cyclic esters (lactones) is 1. The Morgan fingerprint density at radius 2 is 1.93 bits per heavy atom. The van der Waals surface area contributed by atoms with Crippen molar-refractivity contribution in [1.82, 2.24) is 0 Å². The largest absolute Gasteiger partial charge is 0.493 e. The number of aliphatic imine (C=N–C) groups is 1. The number of carbonyl (C=O) groups is 1. The molecule has 0 radical (unpaired) electrons. The van der Waals surface area contributed by atoms with E-state index in [1.54, 1.807) is 24.3 Å². The fourth-order valence-corrected chi connectivity index (χ4v) is 2.57. The first kappa shape index (κ1) is 19.3. The number of alkyl halides is 2. The van der Waals surface area contributed by atoms with Crippen molar-refractivity contribution in [2.24, 2.45) is 4.99 Å². The van der Waals surface area contributed by atoms with Crippen molar-refractivity contribution in [1.29, 1.82) is 0 Å². The van der Waals surface area contributed by atoms with E-state index < -0.39 is 12.6 Å². The Morgan fingerprint density at radius 1 is 1.14 bits per heavy atom. The highest BCUT2D eigenvalue weighted by molar-refractivity contribution is 6.13. The van der Waals surface area contributed by atoms with Crippen molar-refractivity contribution in [2.45, 2.75) is 13.5 Å². The number of halogens is 2. The predicted octanol–water partition coefficient (Wildman–Crippen LogP) is 4.04. The van der Waals surface area contributed by atoms with Gasteiger partial charge in [-0.2, -0.15) is 8.78 Å². The maximum absolute atomic E-state index is 12.4. The van der Waals surface area contributed by atoms with Crippen LogP contribution in [0.3, 0.4) is 0 Å². The van der Waals surface area contributed by atoms with Gasteiger partial charge in [0, 0.05) is 0 Å². The fraction of sp³-hybridized carbons (Fsp3) is 0.200. The number of benzene rings is 2. The lowest BCUT2D eigenvalue weighted by Gasteiger charge is -2.10. The highest BCUT2D eigenvalue weighted by Gasteiger charge is 2.26. The van der Waals surface area contributed by atoms with Crippen molar-refractivity contribution in [3.63, 3.8) is 0 Å². The van der Waals surface area contributed by atoms with E-state index in [9.17, 15) is 13.6 Å². The quantitative estimate of drug-likeness (QED) is 0.528. The van der Waals surface area contributed by atoms with Crippen LogP contribution in [0.4, 0.5) is 8.78 Å². The van der Waals surface area contributed by atoms with Gasteiger partial charge in [0.25, 0.3) is 0 Å². The Hall–Kier alpha value is -3.42. The van der Waals surface area contributed by atoms with Crippen LogP contribution in [0.25, 0.3) is 6.08 Å². The summed E-state index contributed by atoms with van der Waals surface area (Å²) >= 11 is 0. The SMILES string of the molecule is CCOc1ccccc1C1=NC(=Cc2ccc(OC(F)F)c(OC)c2)C(=O)O1. The van der Waals surface area contributed by atoms with Crippen LogP contribution in [0, 0.1) is 0 Å². The average molecular weight is 389 g/mol. The van der Waals surface area contributed by atoms with Gasteiger partial charge < -0.3 is 18.9 Å². The molecule has 0 atom stereocenters. The van der Waals surface area contributed by atoms with Gasteiger partial charge in [0.05, 0.1) is 19.3 Å². The maximum Gasteiger partial charge on any atom is 0.387 e. The van der Waals surface area contributed by atoms with Crippen molar-refractivity contribution in [3.8, 4) is 17.2 Å². The number of para-hydroxylation sites is 1. The molecule has 0 amide bonds. The minimum Gasteiger partial charge on any atom is -0.493 e. The van der Waals surface area contributed by atoms with E-state index in [0.717, 1.165) is 0 Å². The normalized spacial score (nSPS) is 14.8. The standard InChI is InChI=1S/C20H17F2NO5/c1-3-26-15-7-5-4-6-13(15)18-23-14(19(24)28-18)10-12-8-9-16(27-20(21)22)17(11-12)25-2/h4-11,20H,3H2,1-2H3. The van der Waals surface area contributed by atoms with Crippen LogP contribution in [-0.4, -0.2) is 32.2 Å². The fourth-order valence-electron chi connectivity index (χ4n) is 2.57. The van der Waals surface area contributed by atoms with Crippen LogP contribution in [0.15, 0.2) is 53.2 Å². The number of methoxy groups -OCH3 is 1. The van der Waals surface area contributed by atoms with Crippen LogP contribution >= 0.6 is 0 Å². The molecular weight excluding hydrogens is 372 g/mol. The number of ether oxygens (including phenoxy) is 4. The number of esters is 1. The number of hydrogen-bond donors (Lipinski definition) is 0. The topological polar surface area (TPSA) is 66.3 Å². The van der Waals surface area contributed by atoms with Crippen LogP contribution in [0.2, 0.25) is 0 Å². The molecule has 0 spiro atoms. The minimum atomic E-state index is -2.97. The Bertz CT molecular complexity index is 940. The second-order valence-electron chi connectivity index (χ2n) is 5.55. The van der Waals surface area contributed by atoms with Gasteiger partial charge in [0.1, 0.15) is 5.75 Å². The van der Waals surface area contributed by atoms with E-state index in [1.807, 2.05) is 6.92 Å². The summed E-state index contributed by atoms with van der Waals surface area (Å²) in [5.41, 5.74) is 1.12. The summed E-state index contributed by atoms with van der Waals surface area (Å²) in [6.07, 6.45) is 1.47. The third-order valence-electron chi connectivity index (χ3n) is 3.74. The summed E-state index contributed by atoms with van der Waals surface area (Å²) in [6, 6.07) is 11.4. The zero-order valence-electron chi connectivity index (χ0n) is 15.1. The van der Waals surface area contributed by atoms with Crippen molar-refractivity contribution in [3.05, 3.63) is 59.3 Å². The zero-order chi connectivity index (χ0) is 20.1. The van der Waals surface area contributed by atoms with Gasteiger partial charge >= 0.3 is 12.6 Å². The molecule has 1 aliphatic rings. The number of hydrogen-bond acceptors (Lipinski definition) is 6. The molecule has 0 unspecified atom stereocenters. The molecule has 0 aromatic heterocycles. The summed E-state index contributed by atoms with van der Waals surface area (Å²) in [5.74, 6) is 0.0430. The summed E-state index contributed by atoms with van der Waals surface area (Å²) in [6.45, 7) is -0.673. The van der Waals surface area contributed by atoms with Gasteiger partial charge in [0.2, 0.25) is 5.90 Å². The summed E-state index contributed by atoms with van der Waals surface area (Å²) in [5, 5.41) is 0. The number of carbonyl (C=O) groups excluding carboxylic acids is 1. The van der Waals surface area contributed by atoms with Gasteiger partial charge in [-0.1, -0.05) is 18.2 Å². The van der Waals surface area contributed by atoms with Gasteiger partial charge in [-0.3, -0.25) is 0 Å². The third-order valence-corrected chi connectivity index (χ3v) is 3.74. The van der Waals surface area contributed by atoms with Crippen molar-refractivity contribution in [2.75, 3.05) is 13.7 Å². The third kappa shape index (κ3) is 4.28. The molecule has 2 aromatic carbocycles. The van der Waals surface area contributed by atoms with E-state index in [0.29, 0.717) is 23.5 Å². The first-order valence-electron chi connectivity index (χ1n) is 8.39. The average Bonchev–Trinajstić information content (AvgIpc) is 3.03. The highest BCUT2D eigenvalue weighted by atomic mass is 19.3. The summed E-state index contributed by atoms with van der Waals surface area (Å²) in [4.78, 5) is 16.4. The number of rotatable bonds is 7. The molecule has 146 valence electrons. The first-order valence-corrected chi connectivity index (χ1v) is 8.39. The van der Waals surface area contributed by atoms with Gasteiger partial charge in [-0.25, -0.2) is 9.79 Å². The number of nitrogens with zero attached hydrogens (tertiary/aromatic N) is 1. The first-order chi connectivity index (χ1) is 13.5. The molecule has 1 aliphatic heterocycles. The monoisotopic (exact) mass is 389 g/mol. The lowest BCUT2D eigenvalue weighted by atomic mass is 10.1. The Balaban J connectivity index is 1.92. The van der Waals surface area contributed by atoms with E-state index in [2.05, 4.69) is 9.73 Å². The molecule has 0 bridgehead atoms. The second-order valence-corrected chi connectivity index (χ2v) is 5.55. The Kier molecular flexibility index (Phi) is 5.88. The zero-order valence-corrected chi connectivity index (χ0v) is 15.1. The van der Waals surface area contributed by atoms with Crippen LogP contribution in [-0.2, 0) is 9.53 Å². The molecule has 6 nitrogen and oxygen atoms in total. The highest BCUT2D eigenvalue weighted by Crippen LogP contribution is 2.31. The van der Waals surface area contributed by atoms with E-state index >= 15 is 0 Å². The summed E-state index contributed by atoms with van der Waals surface area (Å²) < 4.78 is 45.1. The van der Waals surface area contributed by atoms with Crippen LogP contribution in [0.1, 0.15) is 18.1 Å². The predicted molar refractivity (Wildman–Crippen MR) is 97.8 cm³/mol. The molecule has 2 aromatic rings. The van der Waals surface area contributed by atoms with E-state index in [4.69, 9.17) is 14.2 Å². The molecule has 0 N–H and O–H groups in total. The molecule has 28 heavy (non-hydrogen) atoms. The Morgan fingerprint density at radius 3 is 2.64 bits per heavy atom. The molecule has 3 rings (SSSR count). The summed E-state index contributed by atoms with van der Waals surface area (Å²) in [7, 11) is 1.33. The van der Waals surface area contributed by atoms with Crippen molar-refractivity contribution >= 4 is 17.9 Å². The Labute approximate surface area is 160 Å². The molecule has 0 fully saturated rings. The molecule has 0 saturated carbocycles. The van der Waals surface area contributed by atoms with Gasteiger partial charge in [-0.15, -0.1) is 0 Å². The smallest absolute Gasteiger partial charge is 0.387 e. The van der Waals surface area contributed by atoms with Gasteiger partial charge in [0.15, 0.2) is 17.2 Å². The lowest BCUT2D eigenvalue weighted by Crippen LogP contribution is -2.07. The molecule has 0 saturated heterocycles. The molecular formula is C20H17F2NO5. The van der Waals surface area contributed by atoms with E-state index in [-0.39, 0.29) is 23.1 Å². The van der Waals surface area contributed by atoms with E-state index in [1.165, 1.54) is 31.4 Å². The minimum absolute atomic E-state index is 0.0610. The molecule has 8 heteroatoms. The molecule has 0 aliphatic carbocycles. The molecule has 1 heterocycles. The van der Waals surface area contributed by atoms with Crippen LogP contribution < -0.4 is 14.2 Å². The lowest BCUT2D eigenvalue weighted by molar-refractivity contribution is -0.129.